The summed E-state index contributed by atoms with van der Waals surface area (Å²) in [5.41, 5.74) is 0. The van der Waals surface area contributed by atoms with E-state index in [0.29, 0.717) is 10.6 Å². The summed E-state index contributed by atoms with van der Waals surface area (Å²) in [4.78, 5) is 33.0. The zero-order valence-corrected chi connectivity index (χ0v) is 11.1. The smallest absolute Gasteiger partial charge is 0.306 e. The molecule has 1 N–H and O–H groups in total. The molecule has 0 aliphatic carbocycles. The summed E-state index contributed by atoms with van der Waals surface area (Å²) in [6.45, 7) is 0. The van der Waals surface area contributed by atoms with E-state index in [1.165, 1.54) is 11.3 Å². The molecule has 0 spiro atoms. The molecule has 98 valence electrons. The third-order valence-corrected chi connectivity index (χ3v) is 4.07. The molecule has 0 amide bonds. The Morgan fingerprint density at radius 1 is 1.33 bits per heavy atom. The molecule has 2 atom stereocenters. The van der Waals surface area contributed by atoms with E-state index in [9.17, 15) is 14.4 Å². The average Bonchev–Trinajstić information content (AvgIpc) is 2.74. The third-order valence-electron chi connectivity index (χ3n) is 2.68. The van der Waals surface area contributed by atoms with Crippen LogP contribution in [-0.2, 0) is 14.4 Å². The van der Waals surface area contributed by atoms with Crippen molar-refractivity contribution in [2.45, 2.75) is 25.2 Å². The SMILES string of the molecule is O=CCC(CC(CC=O)c1ccc(Cl)s1)C(=O)O. The molecule has 1 aromatic heterocycles. The molecule has 0 aromatic carbocycles. The number of thiophene rings is 1. The monoisotopic (exact) mass is 288 g/mol. The maximum absolute atomic E-state index is 11.0. The van der Waals surface area contributed by atoms with Crippen LogP contribution in [0.5, 0.6) is 0 Å². The van der Waals surface area contributed by atoms with Gasteiger partial charge in [-0.1, -0.05) is 11.6 Å². The molecule has 0 saturated carbocycles. The number of carboxylic acids is 1. The molecule has 1 heterocycles. The summed E-state index contributed by atoms with van der Waals surface area (Å²) >= 11 is 7.16. The van der Waals surface area contributed by atoms with Gasteiger partial charge in [-0.05, 0) is 18.6 Å². The number of aldehydes is 2. The van der Waals surface area contributed by atoms with Gasteiger partial charge in [0.05, 0.1) is 10.3 Å². The molecule has 0 radical (unpaired) electrons. The van der Waals surface area contributed by atoms with E-state index in [-0.39, 0.29) is 25.2 Å². The predicted molar refractivity (Wildman–Crippen MR) is 69.2 cm³/mol. The molecule has 4 nitrogen and oxygen atoms in total. The first-order valence-electron chi connectivity index (χ1n) is 5.43. The molecule has 1 aromatic rings. The number of hydrogen-bond acceptors (Lipinski definition) is 4. The fourth-order valence-corrected chi connectivity index (χ4v) is 2.94. The molecule has 0 aliphatic heterocycles. The lowest BCUT2D eigenvalue weighted by atomic mass is 9.89. The Bertz CT molecular complexity index is 429. The first kappa shape index (κ1) is 14.9. The first-order chi connectivity index (χ1) is 8.58. The minimum atomic E-state index is -1.01. The summed E-state index contributed by atoms with van der Waals surface area (Å²) in [7, 11) is 0. The van der Waals surface area contributed by atoms with Crippen molar-refractivity contribution in [1.29, 1.82) is 0 Å². The van der Waals surface area contributed by atoms with Gasteiger partial charge in [0, 0.05) is 23.6 Å². The third kappa shape index (κ3) is 4.23. The zero-order valence-electron chi connectivity index (χ0n) is 9.54. The van der Waals surface area contributed by atoms with Gasteiger partial charge in [0.2, 0.25) is 0 Å². The van der Waals surface area contributed by atoms with Gasteiger partial charge in [-0.25, -0.2) is 0 Å². The molecule has 0 aliphatic rings. The highest BCUT2D eigenvalue weighted by Gasteiger charge is 2.24. The van der Waals surface area contributed by atoms with Crippen molar-refractivity contribution < 1.29 is 19.5 Å². The number of rotatable bonds is 8. The molecule has 0 bridgehead atoms. The second kappa shape index (κ2) is 7.28. The number of carbonyl (C=O) groups is 3. The zero-order chi connectivity index (χ0) is 13.5. The van der Waals surface area contributed by atoms with Crippen LogP contribution in [0.15, 0.2) is 12.1 Å². The van der Waals surface area contributed by atoms with Crippen molar-refractivity contribution in [2.24, 2.45) is 5.92 Å². The van der Waals surface area contributed by atoms with Crippen LogP contribution in [0.25, 0.3) is 0 Å². The highest BCUT2D eigenvalue weighted by Crippen LogP contribution is 2.34. The Morgan fingerprint density at radius 2 is 2.00 bits per heavy atom. The average molecular weight is 289 g/mol. The van der Waals surface area contributed by atoms with Crippen molar-refractivity contribution in [3.8, 4) is 0 Å². The standard InChI is InChI=1S/C12H13ClO4S/c13-11-2-1-10(18-11)8(3-5-14)7-9(4-6-15)12(16)17/h1-2,5-6,8-9H,3-4,7H2,(H,16,17). The second-order valence-corrected chi connectivity index (χ2v) is 5.66. The normalized spacial score (nSPS) is 13.8. The quantitative estimate of drug-likeness (QED) is 0.747. The Kier molecular flexibility index (Phi) is 6.01. The molecule has 2 unspecified atom stereocenters. The van der Waals surface area contributed by atoms with E-state index in [2.05, 4.69) is 0 Å². The van der Waals surface area contributed by atoms with Gasteiger partial charge in [0.25, 0.3) is 0 Å². The van der Waals surface area contributed by atoms with Crippen molar-refractivity contribution in [1.82, 2.24) is 0 Å². The summed E-state index contributed by atoms with van der Waals surface area (Å²) in [5.74, 6) is -1.96. The van der Waals surface area contributed by atoms with Crippen LogP contribution in [0.2, 0.25) is 4.34 Å². The lowest BCUT2D eigenvalue weighted by Crippen LogP contribution is -2.17. The van der Waals surface area contributed by atoms with E-state index >= 15 is 0 Å². The molecule has 0 saturated heterocycles. The van der Waals surface area contributed by atoms with E-state index < -0.39 is 11.9 Å². The second-order valence-electron chi connectivity index (χ2n) is 3.91. The minimum absolute atomic E-state index is 0.0379. The number of halogens is 1. The van der Waals surface area contributed by atoms with Crippen LogP contribution >= 0.6 is 22.9 Å². The maximum Gasteiger partial charge on any atom is 0.306 e. The van der Waals surface area contributed by atoms with Crippen molar-refractivity contribution >= 4 is 41.5 Å². The largest absolute Gasteiger partial charge is 0.481 e. The van der Waals surface area contributed by atoms with Crippen molar-refractivity contribution in [3.05, 3.63) is 21.3 Å². The Labute approximate surface area is 114 Å². The van der Waals surface area contributed by atoms with Gasteiger partial charge >= 0.3 is 5.97 Å². The molecule has 1 rings (SSSR count). The van der Waals surface area contributed by atoms with Crippen LogP contribution in [0.4, 0.5) is 0 Å². The van der Waals surface area contributed by atoms with Gasteiger partial charge in [-0.15, -0.1) is 11.3 Å². The minimum Gasteiger partial charge on any atom is -0.481 e. The summed E-state index contributed by atoms with van der Waals surface area (Å²) in [6.07, 6.45) is 1.82. The Balaban J connectivity index is 2.81. The highest BCUT2D eigenvalue weighted by atomic mass is 35.5. The maximum atomic E-state index is 11.0. The van der Waals surface area contributed by atoms with Crippen LogP contribution in [0.1, 0.15) is 30.1 Å². The summed E-state index contributed by atoms with van der Waals surface area (Å²) < 4.78 is 0.600. The van der Waals surface area contributed by atoms with Crippen LogP contribution < -0.4 is 0 Å². The van der Waals surface area contributed by atoms with E-state index in [4.69, 9.17) is 16.7 Å². The first-order valence-corrected chi connectivity index (χ1v) is 6.63. The fraction of sp³-hybridized carbons (Fsp3) is 0.417. The van der Waals surface area contributed by atoms with Crippen molar-refractivity contribution in [3.63, 3.8) is 0 Å². The number of carboxylic acid groups (broad SMARTS) is 1. The van der Waals surface area contributed by atoms with Crippen LogP contribution in [-0.4, -0.2) is 23.6 Å². The molecule has 0 fully saturated rings. The summed E-state index contributed by atoms with van der Waals surface area (Å²) in [6, 6.07) is 3.51. The van der Waals surface area contributed by atoms with Crippen LogP contribution in [0.3, 0.4) is 0 Å². The Hall–Kier alpha value is -1.20. The predicted octanol–water partition coefficient (Wildman–Crippen LogP) is 2.75. The van der Waals surface area contributed by atoms with Crippen molar-refractivity contribution in [2.75, 3.05) is 0 Å². The van der Waals surface area contributed by atoms with Gasteiger partial charge < -0.3 is 14.7 Å². The van der Waals surface area contributed by atoms with Gasteiger partial charge in [0.1, 0.15) is 12.6 Å². The summed E-state index contributed by atoms with van der Waals surface area (Å²) in [5, 5.41) is 9.00. The topological polar surface area (TPSA) is 71.4 Å². The van der Waals surface area contributed by atoms with E-state index in [0.717, 1.165) is 11.2 Å². The van der Waals surface area contributed by atoms with E-state index in [1.54, 1.807) is 12.1 Å². The Morgan fingerprint density at radius 3 is 2.44 bits per heavy atom. The van der Waals surface area contributed by atoms with Gasteiger partial charge in [-0.2, -0.15) is 0 Å². The molecular formula is C12H13ClO4S. The molecular weight excluding hydrogens is 276 g/mol. The highest BCUT2D eigenvalue weighted by molar-refractivity contribution is 7.16. The molecule has 6 heteroatoms. The van der Waals surface area contributed by atoms with E-state index in [1.807, 2.05) is 0 Å². The lowest BCUT2D eigenvalue weighted by molar-refractivity contribution is -0.143. The fourth-order valence-electron chi connectivity index (χ4n) is 1.75. The van der Waals surface area contributed by atoms with Gasteiger partial charge in [-0.3, -0.25) is 4.79 Å². The van der Waals surface area contributed by atoms with Gasteiger partial charge in [0.15, 0.2) is 0 Å². The number of carbonyl (C=O) groups excluding carboxylic acids is 2. The number of aliphatic carboxylic acids is 1. The number of hydrogen-bond donors (Lipinski definition) is 1. The lowest BCUT2D eigenvalue weighted by Gasteiger charge is -2.16. The molecule has 18 heavy (non-hydrogen) atoms. The van der Waals surface area contributed by atoms with Crippen LogP contribution in [0, 0.1) is 5.92 Å².